The van der Waals surface area contributed by atoms with Gasteiger partial charge < -0.3 is 14.4 Å². The number of benzene rings is 2. The molecule has 1 saturated heterocycles. The third-order valence-electron chi connectivity index (χ3n) is 4.71. The maximum absolute atomic E-state index is 12.9. The maximum atomic E-state index is 12.9. The van der Waals surface area contributed by atoms with Gasteiger partial charge in [0.2, 0.25) is 0 Å². The van der Waals surface area contributed by atoms with E-state index in [9.17, 15) is 4.79 Å². The van der Waals surface area contributed by atoms with Crippen LogP contribution >= 0.6 is 0 Å². The molecule has 4 nitrogen and oxygen atoms in total. The first kappa shape index (κ1) is 16.9. The number of likely N-dealkylation sites (tertiary alicyclic amines) is 1. The molecule has 0 N–H and O–H groups in total. The molecule has 128 valence electrons. The highest BCUT2D eigenvalue weighted by Crippen LogP contribution is 2.23. The van der Waals surface area contributed by atoms with Crippen LogP contribution in [-0.2, 0) is 9.47 Å². The molecule has 1 aliphatic rings. The average Bonchev–Trinajstić information content (AvgIpc) is 2.65. The monoisotopic (exact) mass is 327 g/mol. The summed E-state index contributed by atoms with van der Waals surface area (Å²) in [7, 11) is 1.68. The topological polar surface area (TPSA) is 38.8 Å². The van der Waals surface area contributed by atoms with E-state index >= 15 is 0 Å². The summed E-state index contributed by atoms with van der Waals surface area (Å²) in [5, 5.41) is 2.15. The fourth-order valence-corrected chi connectivity index (χ4v) is 3.28. The summed E-state index contributed by atoms with van der Waals surface area (Å²) < 4.78 is 10.6. The number of amides is 1. The van der Waals surface area contributed by atoms with Crippen molar-refractivity contribution in [3.63, 3.8) is 0 Å². The summed E-state index contributed by atoms with van der Waals surface area (Å²) in [6.07, 6.45) is 2.01. The minimum absolute atomic E-state index is 0.144. The van der Waals surface area contributed by atoms with Gasteiger partial charge in [-0.3, -0.25) is 4.79 Å². The summed E-state index contributed by atoms with van der Waals surface area (Å²) in [6, 6.07) is 14.0. The van der Waals surface area contributed by atoms with Crippen molar-refractivity contribution in [3.05, 3.63) is 48.0 Å². The Balaban J connectivity index is 1.59. The van der Waals surface area contributed by atoms with Gasteiger partial charge in [-0.2, -0.15) is 0 Å². The Bertz CT molecular complexity index is 672. The van der Waals surface area contributed by atoms with Gasteiger partial charge in [-0.05, 0) is 35.6 Å². The van der Waals surface area contributed by atoms with E-state index in [-0.39, 0.29) is 5.91 Å². The van der Waals surface area contributed by atoms with Crippen LogP contribution in [0.15, 0.2) is 42.5 Å². The summed E-state index contributed by atoms with van der Waals surface area (Å²) in [6.45, 7) is 3.66. The number of rotatable bonds is 6. The number of piperidine rings is 1. The molecule has 1 fully saturated rings. The molecule has 2 aromatic rings. The van der Waals surface area contributed by atoms with Crippen LogP contribution in [0.4, 0.5) is 0 Å². The zero-order valence-corrected chi connectivity index (χ0v) is 14.2. The van der Waals surface area contributed by atoms with Crippen LogP contribution in [0.5, 0.6) is 0 Å². The van der Waals surface area contributed by atoms with Crippen molar-refractivity contribution in [2.45, 2.75) is 12.8 Å². The van der Waals surface area contributed by atoms with Crippen molar-refractivity contribution in [2.75, 3.05) is 40.0 Å². The molecule has 0 atom stereocenters. The van der Waals surface area contributed by atoms with E-state index in [1.54, 1.807) is 7.11 Å². The lowest BCUT2D eigenvalue weighted by Crippen LogP contribution is -2.39. The Morgan fingerprint density at radius 3 is 2.62 bits per heavy atom. The first-order chi connectivity index (χ1) is 11.8. The molecule has 3 rings (SSSR count). The largest absolute Gasteiger partial charge is 0.382 e. The molecule has 4 heteroatoms. The van der Waals surface area contributed by atoms with E-state index in [4.69, 9.17) is 9.47 Å². The third kappa shape index (κ3) is 3.94. The average molecular weight is 327 g/mol. The van der Waals surface area contributed by atoms with Crippen LogP contribution in [0.3, 0.4) is 0 Å². The van der Waals surface area contributed by atoms with Crippen LogP contribution in [0.25, 0.3) is 10.8 Å². The molecule has 0 bridgehead atoms. The molecule has 0 spiro atoms. The maximum Gasteiger partial charge on any atom is 0.254 e. The van der Waals surface area contributed by atoms with E-state index < -0.39 is 0 Å². The van der Waals surface area contributed by atoms with Crippen molar-refractivity contribution in [1.82, 2.24) is 4.90 Å². The lowest BCUT2D eigenvalue weighted by molar-refractivity contribution is 0.0328. The van der Waals surface area contributed by atoms with Gasteiger partial charge in [-0.25, -0.2) is 0 Å². The molecule has 1 heterocycles. The number of fused-ring (bicyclic) bond motifs is 1. The van der Waals surface area contributed by atoms with Crippen LogP contribution in [-0.4, -0.2) is 50.8 Å². The molecule has 1 amide bonds. The second-order valence-corrected chi connectivity index (χ2v) is 6.33. The first-order valence-electron chi connectivity index (χ1n) is 8.63. The molecule has 1 aliphatic heterocycles. The Morgan fingerprint density at radius 1 is 1.08 bits per heavy atom. The van der Waals surface area contributed by atoms with Gasteiger partial charge >= 0.3 is 0 Å². The highest BCUT2D eigenvalue weighted by molar-refractivity contribution is 6.07. The summed E-state index contributed by atoms with van der Waals surface area (Å²) >= 11 is 0. The highest BCUT2D eigenvalue weighted by Gasteiger charge is 2.24. The Morgan fingerprint density at radius 2 is 1.83 bits per heavy atom. The van der Waals surface area contributed by atoms with Gasteiger partial charge in [0.25, 0.3) is 5.91 Å². The second kappa shape index (κ2) is 8.27. The van der Waals surface area contributed by atoms with E-state index in [2.05, 4.69) is 12.1 Å². The molecule has 0 aromatic heterocycles. The number of ether oxygens (including phenoxy) is 2. The predicted molar refractivity (Wildman–Crippen MR) is 95.3 cm³/mol. The van der Waals surface area contributed by atoms with Crippen molar-refractivity contribution in [2.24, 2.45) is 5.92 Å². The molecule has 0 unspecified atom stereocenters. The number of nitrogens with zero attached hydrogens (tertiary/aromatic N) is 1. The second-order valence-electron chi connectivity index (χ2n) is 6.33. The fraction of sp³-hybridized carbons (Fsp3) is 0.450. The SMILES string of the molecule is COCCOCC1CCN(C(=O)c2cccc3ccccc23)CC1. The van der Waals surface area contributed by atoms with Crippen molar-refractivity contribution in [1.29, 1.82) is 0 Å². The highest BCUT2D eigenvalue weighted by atomic mass is 16.5. The Labute approximate surface area is 143 Å². The molecule has 0 saturated carbocycles. The van der Waals surface area contributed by atoms with Gasteiger partial charge in [0.15, 0.2) is 0 Å². The zero-order chi connectivity index (χ0) is 16.8. The Hall–Kier alpha value is -1.91. The van der Waals surface area contributed by atoms with Gasteiger partial charge in [-0.1, -0.05) is 36.4 Å². The molecule has 24 heavy (non-hydrogen) atoms. The fourth-order valence-electron chi connectivity index (χ4n) is 3.28. The summed E-state index contributed by atoms with van der Waals surface area (Å²) in [5.41, 5.74) is 0.808. The number of carbonyl (C=O) groups is 1. The Kier molecular flexibility index (Phi) is 5.83. The molecule has 2 aromatic carbocycles. The van der Waals surface area contributed by atoms with Crippen molar-refractivity contribution >= 4 is 16.7 Å². The first-order valence-corrected chi connectivity index (χ1v) is 8.63. The van der Waals surface area contributed by atoms with Crippen molar-refractivity contribution in [3.8, 4) is 0 Å². The van der Waals surface area contributed by atoms with Crippen molar-refractivity contribution < 1.29 is 14.3 Å². The molecule has 0 radical (unpaired) electrons. The zero-order valence-electron chi connectivity index (χ0n) is 14.2. The van der Waals surface area contributed by atoms with Crippen LogP contribution in [0.2, 0.25) is 0 Å². The number of methoxy groups -OCH3 is 1. The van der Waals surface area contributed by atoms with E-state index in [0.29, 0.717) is 19.1 Å². The lowest BCUT2D eigenvalue weighted by Gasteiger charge is -2.32. The van der Waals surface area contributed by atoms with Crippen LogP contribution in [0.1, 0.15) is 23.2 Å². The van der Waals surface area contributed by atoms with Crippen LogP contribution < -0.4 is 0 Å². The van der Waals surface area contributed by atoms with Gasteiger partial charge in [-0.15, -0.1) is 0 Å². The molecular formula is C20H25NO3. The van der Waals surface area contributed by atoms with Gasteiger partial charge in [0.1, 0.15) is 0 Å². The standard InChI is InChI=1S/C20H25NO3/c1-23-13-14-24-15-16-9-11-21(12-10-16)20(22)19-8-4-6-17-5-2-3-7-18(17)19/h2-8,16H,9-15H2,1H3. The van der Waals surface area contributed by atoms with E-state index in [1.165, 1.54) is 0 Å². The van der Waals surface area contributed by atoms with Crippen LogP contribution in [0, 0.1) is 5.92 Å². The van der Waals surface area contributed by atoms with Gasteiger partial charge in [0.05, 0.1) is 13.2 Å². The van der Waals surface area contributed by atoms with Gasteiger partial charge in [0, 0.05) is 32.4 Å². The minimum Gasteiger partial charge on any atom is -0.382 e. The van der Waals surface area contributed by atoms with E-state index in [1.807, 2.05) is 35.2 Å². The van der Waals surface area contributed by atoms with E-state index in [0.717, 1.165) is 48.9 Å². The number of carbonyl (C=O) groups excluding carboxylic acids is 1. The number of hydrogen-bond acceptors (Lipinski definition) is 3. The molecule has 0 aliphatic carbocycles. The normalized spacial score (nSPS) is 15.8. The third-order valence-corrected chi connectivity index (χ3v) is 4.71. The minimum atomic E-state index is 0.144. The summed E-state index contributed by atoms with van der Waals surface area (Å²) in [4.78, 5) is 14.9. The molecular weight excluding hydrogens is 302 g/mol. The predicted octanol–water partition coefficient (Wildman–Crippen LogP) is 3.36. The quantitative estimate of drug-likeness (QED) is 0.764. The number of hydrogen-bond donors (Lipinski definition) is 0. The lowest BCUT2D eigenvalue weighted by atomic mass is 9.96. The summed E-state index contributed by atoms with van der Waals surface area (Å²) in [5.74, 6) is 0.684. The smallest absolute Gasteiger partial charge is 0.254 e.